The fourth-order valence-electron chi connectivity index (χ4n) is 0.616. The van der Waals surface area contributed by atoms with Gasteiger partial charge in [-0.05, 0) is 17.7 Å². The SMILES string of the molecule is CC.O/N=C\c1ccc(Br)cc1. The lowest BCUT2D eigenvalue weighted by Crippen LogP contribution is -1.77. The van der Waals surface area contributed by atoms with Crippen molar-refractivity contribution in [1.29, 1.82) is 0 Å². The van der Waals surface area contributed by atoms with Crippen LogP contribution in [-0.4, -0.2) is 11.4 Å². The molecular weight excluding hydrogens is 218 g/mol. The van der Waals surface area contributed by atoms with Crippen molar-refractivity contribution in [1.82, 2.24) is 0 Å². The van der Waals surface area contributed by atoms with Gasteiger partial charge < -0.3 is 5.21 Å². The third-order valence-electron chi connectivity index (χ3n) is 1.08. The van der Waals surface area contributed by atoms with E-state index in [1.165, 1.54) is 6.21 Å². The van der Waals surface area contributed by atoms with E-state index in [4.69, 9.17) is 5.21 Å². The second-order valence-corrected chi connectivity index (χ2v) is 2.71. The number of hydrogen-bond acceptors (Lipinski definition) is 2. The molecule has 2 nitrogen and oxygen atoms in total. The molecule has 0 aliphatic rings. The van der Waals surface area contributed by atoms with Crippen molar-refractivity contribution in [3.05, 3.63) is 34.3 Å². The molecule has 1 rings (SSSR count). The first-order valence-corrected chi connectivity index (χ1v) is 4.55. The molecule has 0 aliphatic carbocycles. The summed E-state index contributed by atoms with van der Waals surface area (Å²) in [6.45, 7) is 4.00. The van der Waals surface area contributed by atoms with Crippen LogP contribution in [0.3, 0.4) is 0 Å². The van der Waals surface area contributed by atoms with E-state index in [1.54, 1.807) is 0 Å². The van der Waals surface area contributed by atoms with Crippen LogP contribution in [0.15, 0.2) is 33.9 Å². The average Bonchev–Trinajstić information content (AvgIpc) is 2.13. The zero-order valence-electron chi connectivity index (χ0n) is 7.16. The maximum atomic E-state index is 8.15. The summed E-state index contributed by atoms with van der Waals surface area (Å²) in [5.74, 6) is 0. The van der Waals surface area contributed by atoms with Crippen LogP contribution in [0.25, 0.3) is 0 Å². The van der Waals surface area contributed by atoms with Crippen molar-refractivity contribution in [2.75, 3.05) is 0 Å². The van der Waals surface area contributed by atoms with Crippen LogP contribution < -0.4 is 0 Å². The molecule has 0 aromatic heterocycles. The van der Waals surface area contributed by atoms with Gasteiger partial charge in [-0.3, -0.25) is 0 Å². The van der Waals surface area contributed by atoms with Crippen molar-refractivity contribution in [3.63, 3.8) is 0 Å². The standard InChI is InChI=1S/C7H6BrNO.C2H6/c8-7-3-1-6(2-4-7)5-9-10;1-2/h1-5,10H;1-2H3/b9-5-;. The predicted octanol–water partition coefficient (Wildman–Crippen LogP) is 3.28. The van der Waals surface area contributed by atoms with E-state index >= 15 is 0 Å². The fourth-order valence-corrected chi connectivity index (χ4v) is 0.880. The van der Waals surface area contributed by atoms with E-state index in [0.29, 0.717) is 0 Å². The highest BCUT2D eigenvalue weighted by Crippen LogP contribution is 2.08. The minimum absolute atomic E-state index is 0.880. The molecule has 0 bridgehead atoms. The molecule has 0 heterocycles. The maximum Gasteiger partial charge on any atom is 0.0733 e. The van der Waals surface area contributed by atoms with E-state index in [2.05, 4.69) is 21.1 Å². The normalized spacial score (nSPS) is 9.25. The predicted molar refractivity (Wildman–Crippen MR) is 54.9 cm³/mol. The molecule has 0 atom stereocenters. The van der Waals surface area contributed by atoms with Crippen molar-refractivity contribution in [2.45, 2.75) is 13.8 Å². The molecule has 0 saturated carbocycles. The van der Waals surface area contributed by atoms with Crippen LogP contribution in [0.2, 0.25) is 0 Å². The number of rotatable bonds is 1. The topological polar surface area (TPSA) is 32.6 Å². The van der Waals surface area contributed by atoms with Crippen molar-refractivity contribution >= 4 is 22.1 Å². The van der Waals surface area contributed by atoms with Gasteiger partial charge in [-0.15, -0.1) is 0 Å². The van der Waals surface area contributed by atoms with E-state index in [0.717, 1.165) is 10.0 Å². The Labute approximate surface area is 81.0 Å². The highest BCUT2D eigenvalue weighted by molar-refractivity contribution is 9.10. The first-order chi connectivity index (χ1) is 5.83. The highest BCUT2D eigenvalue weighted by atomic mass is 79.9. The van der Waals surface area contributed by atoms with Crippen LogP contribution in [0.1, 0.15) is 19.4 Å². The molecule has 0 radical (unpaired) electrons. The zero-order valence-corrected chi connectivity index (χ0v) is 8.75. The molecule has 0 aliphatic heterocycles. The Morgan fingerprint density at radius 3 is 2.17 bits per heavy atom. The Morgan fingerprint density at radius 1 is 1.25 bits per heavy atom. The Hall–Kier alpha value is -0.830. The molecule has 0 fully saturated rings. The summed E-state index contributed by atoms with van der Waals surface area (Å²) in [7, 11) is 0. The smallest absolute Gasteiger partial charge is 0.0733 e. The Bertz CT molecular complexity index is 231. The number of hydrogen-bond donors (Lipinski definition) is 1. The third kappa shape index (κ3) is 4.13. The van der Waals surface area contributed by atoms with Crippen molar-refractivity contribution < 1.29 is 5.21 Å². The van der Waals surface area contributed by atoms with Crippen molar-refractivity contribution in [3.8, 4) is 0 Å². The fraction of sp³-hybridized carbons (Fsp3) is 0.222. The van der Waals surface area contributed by atoms with Crippen LogP contribution in [0.5, 0.6) is 0 Å². The molecule has 66 valence electrons. The van der Waals surface area contributed by atoms with Gasteiger partial charge in [0, 0.05) is 4.47 Å². The highest BCUT2D eigenvalue weighted by Gasteiger charge is 1.86. The average molecular weight is 230 g/mol. The van der Waals surface area contributed by atoms with E-state index in [9.17, 15) is 0 Å². The minimum Gasteiger partial charge on any atom is -0.411 e. The second-order valence-electron chi connectivity index (χ2n) is 1.80. The van der Waals surface area contributed by atoms with Crippen molar-refractivity contribution in [2.24, 2.45) is 5.16 Å². The van der Waals surface area contributed by atoms with Gasteiger partial charge in [0.1, 0.15) is 0 Å². The largest absolute Gasteiger partial charge is 0.411 e. The molecule has 0 unspecified atom stereocenters. The van der Waals surface area contributed by atoms with E-state index in [1.807, 2.05) is 38.1 Å². The molecular formula is C9H12BrNO. The summed E-state index contributed by atoms with van der Waals surface area (Å²) in [5, 5.41) is 11.0. The third-order valence-corrected chi connectivity index (χ3v) is 1.61. The lowest BCUT2D eigenvalue weighted by molar-refractivity contribution is 0.322. The van der Waals surface area contributed by atoms with Gasteiger partial charge in [-0.25, -0.2) is 0 Å². The van der Waals surface area contributed by atoms with Gasteiger partial charge in [0.05, 0.1) is 6.21 Å². The van der Waals surface area contributed by atoms with E-state index < -0.39 is 0 Å². The first-order valence-electron chi connectivity index (χ1n) is 3.76. The van der Waals surface area contributed by atoms with Gasteiger partial charge >= 0.3 is 0 Å². The molecule has 12 heavy (non-hydrogen) atoms. The molecule has 0 spiro atoms. The Morgan fingerprint density at radius 2 is 1.75 bits per heavy atom. The van der Waals surface area contributed by atoms with Gasteiger partial charge in [0.25, 0.3) is 0 Å². The van der Waals surface area contributed by atoms with Gasteiger partial charge in [0.2, 0.25) is 0 Å². The maximum absolute atomic E-state index is 8.15. The Kier molecular flexibility index (Phi) is 6.38. The van der Waals surface area contributed by atoms with Gasteiger partial charge in [-0.1, -0.05) is 47.1 Å². The van der Waals surface area contributed by atoms with Crippen LogP contribution in [0.4, 0.5) is 0 Å². The number of benzene rings is 1. The van der Waals surface area contributed by atoms with Crippen LogP contribution >= 0.6 is 15.9 Å². The second kappa shape index (κ2) is 6.85. The molecule has 3 heteroatoms. The lowest BCUT2D eigenvalue weighted by Gasteiger charge is -1.89. The summed E-state index contributed by atoms with van der Waals surface area (Å²) in [5.41, 5.74) is 0.880. The Balaban J connectivity index is 0.000000561. The van der Waals surface area contributed by atoms with Gasteiger partial charge in [0.15, 0.2) is 0 Å². The number of halogens is 1. The monoisotopic (exact) mass is 229 g/mol. The van der Waals surface area contributed by atoms with Crippen LogP contribution in [0, 0.1) is 0 Å². The number of nitrogens with zero attached hydrogens (tertiary/aromatic N) is 1. The molecule has 0 amide bonds. The summed E-state index contributed by atoms with van der Waals surface area (Å²) in [6.07, 6.45) is 1.38. The molecule has 1 aromatic carbocycles. The zero-order chi connectivity index (χ0) is 9.40. The quantitative estimate of drug-likeness (QED) is 0.448. The first kappa shape index (κ1) is 11.2. The summed E-state index contributed by atoms with van der Waals surface area (Å²) < 4.78 is 1.02. The molecule has 1 N–H and O–H groups in total. The number of oxime groups is 1. The van der Waals surface area contributed by atoms with Gasteiger partial charge in [-0.2, -0.15) is 0 Å². The minimum atomic E-state index is 0.880. The van der Waals surface area contributed by atoms with E-state index in [-0.39, 0.29) is 0 Å². The summed E-state index contributed by atoms with van der Waals surface area (Å²) in [4.78, 5) is 0. The van der Waals surface area contributed by atoms with Crippen LogP contribution in [-0.2, 0) is 0 Å². The summed E-state index contributed by atoms with van der Waals surface area (Å²) >= 11 is 3.29. The molecule has 1 aromatic rings. The summed E-state index contributed by atoms with van der Waals surface area (Å²) in [6, 6.07) is 7.47. The lowest BCUT2D eigenvalue weighted by atomic mass is 10.2. The molecule has 0 saturated heterocycles.